The summed E-state index contributed by atoms with van der Waals surface area (Å²) in [6.45, 7) is 8.98. The van der Waals surface area contributed by atoms with Crippen LogP contribution in [0.5, 0.6) is 5.75 Å². The van der Waals surface area contributed by atoms with Crippen molar-refractivity contribution in [1.82, 2.24) is 4.90 Å². The molecule has 1 atom stereocenters. The molecule has 1 fully saturated rings. The van der Waals surface area contributed by atoms with Gasteiger partial charge in [-0.3, -0.25) is 4.90 Å². The Bertz CT molecular complexity index is 394. The summed E-state index contributed by atoms with van der Waals surface area (Å²) in [7, 11) is 0. The van der Waals surface area contributed by atoms with Crippen molar-refractivity contribution in [1.29, 1.82) is 0 Å². The Balaban J connectivity index is 2.02. The molecule has 0 bridgehead atoms. The van der Waals surface area contributed by atoms with Crippen LogP contribution in [-0.4, -0.2) is 31.1 Å². The highest BCUT2D eigenvalue weighted by Gasteiger charge is 2.32. The molecule has 3 nitrogen and oxygen atoms in total. The summed E-state index contributed by atoms with van der Waals surface area (Å²) in [4.78, 5) is 2.48. The van der Waals surface area contributed by atoms with Gasteiger partial charge in [-0.2, -0.15) is 0 Å². The molecule has 0 saturated carbocycles. The molecule has 1 unspecified atom stereocenters. The second-order valence-electron chi connectivity index (χ2n) is 5.52. The van der Waals surface area contributed by atoms with Crippen LogP contribution in [0.3, 0.4) is 0 Å². The fourth-order valence-electron chi connectivity index (χ4n) is 2.60. The Morgan fingerprint density at radius 3 is 2.83 bits per heavy atom. The van der Waals surface area contributed by atoms with E-state index in [-0.39, 0.29) is 0 Å². The number of hydrogen-bond acceptors (Lipinski definition) is 3. The fourth-order valence-corrected chi connectivity index (χ4v) is 2.60. The zero-order chi connectivity index (χ0) is 13.0. The smallest absolute Gasteiger partial charge is 0.123 e. The van der Waals surface area contributed by atoms with Crippen molar-refractivity contribution in [2.24, 2.45) is 11.1 Å². The summed E-state index contributed by atoms with van der Waals surface area (Å²) in [5, 5.41) is 0. The summed E-state index contributed by atoms with van der Waals surface area (Å²) in [5.74, 6) is 1.02. The maximum absolute atomic E-state index is 5.85. The summed E-state index contributed by atoms with van der Waals surface area (Å²) in [5.41, 5.74) is 7.42. The Morgan fingerprint density at radius 2 is 2.17 bits per heavy atom. The van der Waals surface area contributed by atoms with Crippen LogP contribution >= 0.6 is 0 Å². The molecule has 0 radical (unpaired) electrons. The van der Waals surface area contributed by atoms with E-state index < -0.39 is 0 Å². The summed E-state index contributed by atoms with van der Waals surface area (Å²) in [6.07, 6.45) is 1.19. The topological polar surface area (TPSA) is 38.5 Å². The highest BCUT2D eigenvalue weighted by Crippen LogP contribution is 2.30. The Hall–Kier alpha value is -1.06. The van der Waals surface area contributed by atoms with Crippen molar-refractivity contribution in [2.75, 3.05) is 26.2 Å². The number of nitrogens with zero attached hydrogens (tertiary/aromatic N) is 1. The first-order chi connectivity index (χ1) is 8.67. The molecule has 18 heavy (non-hydrogen) atoms. The van der Waals surface area contributed by atoms with Gasteiger partial charge < -0.3 is 10.5 Å². The molecule has 0 spiro atoms. The van der Waals surface area contributed by atoms with Crippen molar-refractivity contribution < 1.29 is 4.74 Å². The monoisotopic (exact) mass is 248 g/mol. The molecular formula is C15H24N2O. The van der Waals surface area contributed by atoms with Gasteiger partial charge in [0.1, 0.15) is 5.75 Å². The van der Waals surface area contributed by atoms with Crippen molar-refractivity contribution in [3.05, 3.63) is 29.8 Å². The van der Waals surface area contributed by atoms with Crippen LogP contribution in [-0.2, 0) is 6.54 Å². The van der Waals surface area contributed by atoms with Crippen LogP contribution in [0.25, 0.3) is 0 Å². The molecular weight excluding hydrogens is 224 g/mol. The van der Waals surface area contributed by atoms with Gasteiger partial charge in [0.25, 0.3) is 0 Å². The lowest BCUT2D eigenvalue weighted by atomic mass is 9.90. The third-order valence-corrected chi connectivity index (χ3v) is 3.80. The van der Waals surface area contributed by atoms with Gasteiger partial charge in [-0.15, -0.1) is 0 Å². The molecule has 3 heteroatoms. The van der Waals surface area contributed by atoms with E-state index in [4.69, 9.17) is 10.5 Å². The van der Waals surface area contributed by atoms with Crippen LogP contribution in [0.2, 0.25) is 0 Å². The second kappa shape index (κ2) is 5.72. The van der Waals surface area contributed by atoms with E-state index in [9.17, 15) is 0 Å². The van der Waals surface area contributed by atoms with Gasteiger partial charge in [-0.05, 0) is 37.9 Å². The zero-order valence-corrected chi connectivity index (χ0v) is 11.5. The first kappa shape index (κ1) is 13.4. The third kappa shape index (κ3) is 3.03. The van der Waals surface area contributed by atoms with Crippen molar-refractivity contribution in [3.8, 4) is 5.75 Å². The maximum atomic E-state index is 5.85. The molecule has 100 valence electrons. The number of ether oxygens (including phenoxy) is 1. The lowest BCUT2D eigenvalue weighted by molar-refractivity contribution is 0.267. The molecule has 1 heterocycles. The third-order valence-electron chi connectivity index (χ3n) is 3.80. The highest BCUT2D eigenvalue weighted by atomic mass is 16.5. The van der Waals surface area contributed by atoms with Crippen molar-refractivity contribution >= 4 is 0 Å². The maximum Gasteiger partial charge on any atom is 0.123 e. The van der Waals surface area contributed by atoms with Gasteiger partial charge >= 0.3 is 0 Å². The highest BCUT2D eigenvalue weighted by molar-refractivity contribution is 5.33. The van der Waals surface area contributed by atoms with Gasteiger partial charge in [-0.25, -0.2) is 0 Å². The summed E-state index contributed by atoms with van der Waals surface area (Å²) >= 11 is 0. The van der Waals surface area contributed by atoms with Gasteiger partial charge in [0.15, 0.2) is 0 Å². The van der Waals surface area contributed by atoms with Crippen LogP contribution in [0.4, 0.5) is 0 Å². The van der Waals surface area contributed by atoms with E-state index in [1.165, 1.54) is 12.0 Å². The normalized spacial score (nSPS) is 24.4. The van der Waals surface area contributed by atoms with Crippen LogP contribution in [0, 0.1) is 5.41 Å². The number of rotatable bonds is 5. The Kier molecular flexibility index (Phi) is 4.25. The lowest BCUT2D eigenvalue weighted by Gasteiger charge is -2.23. The number of nitrogens with two attached hydrogens (primary N) is 1. The van der Waals surface area contributed by atoms with E-state index in [0.717, 1.165) is 38.5 Å². The standard InChI is InChI=1S/C15H24N2O/c1-3-18-14-7-5-4-6-13(14)10-17-9-8-15(2,11-16)12-17/h4-7H,3,8-12,16H2,1-2H3. The number of benzene rings is 1. The minimum atomic E-state index is 0.292. The molecule has 0 aromatic heterocycles. The van der Waals surface area contributed by atoms with Gasteiger partial charge in [0, 0.05) is 18.7 Å². The summed E-state index contributed by atoms with van der Waals surface area (Å²) < 4.78 is 5.67. The van der Waals surface area contributed by atoms with Crippen LogP contribution < -0.4 is 10.5 Å². The fraction of sp³-hybridized carbons (Fsp3) is 0.600. The zero-order valence-electron chi connectivity index (χ0n) is 11.5. The number of likely N-dealkylation sites (tertiary alicyclic amines) is 1. The van der Waals surface area contributed by atoms with Crippen LogP contribution in [0.1, 0.15) is 25.8 Å². The van der Waals surface area contributed by atoms with Gasteiger partial charge in [0.2, 0.25) is 0 Å². The van der Waals surface area contributed by atoms with E-state index in [1.54, 1.807) is 0 Å². The van der Waals surface area contributed by atoms with Crippen LogP contribution in [0.15, 0.2) is 24.3 Å². The predicted molar refractivity (Wildman–Crippen MR) is 74.7 cm³/mol. The quantitative estimate of drug-likeness (QED) is 0.868. The van der Waals surface area contributed by atoms with Gasteiger partial charge in [0.05, 0.1) is 6.61 Å². The van der Waals surface area contributed by atoms with E-state index >= 15 is 0 Å². The average Bonchev–Trinajstić information content (AvgIpc) is 2.75. The number of hydrogen-bond donors (Lipinski definition) is 1. The molecule has 1 aliphatic rings. The first-order valence-electron chi connectivity index (χ1n) is 6.80. The molecule has 1 aromatic carbocycles. The molecule has 1 aromatic rings. The molecule has 0 aliphatic carbocycles. The SMILES string of the molecule is CCOc1ccccc1CN1CCC(C)(CN)C1. The molecule has 1 aliphatic heterocycles. The van der Waals surface area contributed by atoms with E-state index in [1.807, 2.05) is 13.0 Å². The molecule has 2 N–H and O–H groups in total. The molecule has 0 amide bonds. The Labute approximate surface area is 110 Å². The summed E-state index contributed by atoms with van der Waals surface area (Å²) in [6, 6.07) is 8.32. The van der Waals surface area contributed by atoms with Crippen molar-refractivity contribution in [2.45, 2.75) is 26.8 Å². The second-order valence-corrected chi connectivity index (χ2v) is 5.52. The largest absolute Gasteiger partial charge is 0.494 e. The van der Waals surface area contributed by atoms with E-state index in [2.05, 4.69) is 30.0 Å². The average molecular weight is 248 g/mol. The molecule has 1 saturated heterocycles. The Morgan fingerprint density at radius 1 is 1.39 bits per heavy atom. The molecule has 2 rings (SSSR count). The number of para-hydroxylation sites is 1. The van der Waals surface area contributed by atoms with Crippen molar-refractivity contribution in [3.63, 3.8) is 0 Å². The first-order valence-corrected chi connectivity index (χ1v) is 6.80. The van der Waals surface area contributed by atoms with Gasteiger partial charge in [-0.1, -0.05) is 25.1 Å². The predicted octanol–water partition coefficient (Wildman–Crippen LogP) is 2.26. The minimum Gasteiger partial charge on any atom is -0.494 e. The van der Waals surface area contributed by atoms with E-state index in [0.29, 0.717) is 5.41 Å². The lowest BCUT2D eigenvalue weighted by Crippen LogP contribution is -2.31. The minimum absolute atomic E-state index is 0.292.